The van der Waals surface area contributed by atoms with Gasteiger partial charge >= 0.3 is 6.09 Å². The Labute approximate surface area is 158 Å². The highest BCUT2D eigenvalue weighted by molar-refractivity contribution is 6.34. The van der Waals surface area contributed by atoms with Crippen LogP contribution in [-0.4, -0.2) is 23.5 Å². The zero-order valence-corrected chi connectivity index (χ0v) is 15.8. The van der Waals surface area contributed by atoms with Gasteiger partial charge in [0.2, 0.25) is 0 Å². The Morgan fingerprint density at radius 1 is 1.00 bits per heavy atom. The number of nitrogens with zero attached hydrogens (tertiary/aromatic N) is 1. The molecule has 0 radical (unpaired) electrons. The van der Waals surface area contributed by atoms with Crippen molar-refractivity contribution in [1.29, 1.82) is 0 Å². The molecule has 6 heteroatoms. The summed E-state index contributed by atoms with van der Waals surface area (Å²) in [5.41, 5.74) is 1.43. The molecule has 1 atom stereocenters. The van der Waals surface area contributed by atoms with Crippen molar-refractivity contribution in [3.63, 3.8) is 0 Å². The summed E-state index contributed by atoms with van der Waals surface area (Å²) in [5.74, 6) is -0.694. The van der Waals surface area contributed by atoms with E-state index >= 15 is 0 Å². The Bertz CT molecular complexity index is 879. The van der Waals surface area contributed by atoms with Crippen LogP contribution in [0.3, 0.4) is 0 Å². The second-order valence-electron chi connectivity index (χ2n) is 7.45. The second-order valence-corrected chi connectivity index (χ2v) is 7.45. The number of anilines is 1. The van der Waals surface area contributed by atoms with Gasteiger partial charge in [0, 0.05) is 0 Å². The largest absolute Gasteiger partial charge is 0.444 e. The third-order valence-electron chi connectivity index (χ3n) is 4.16. The molecular weight excluding hydrogens is 344 g/mol. The van der Waals surface area contributed by atoms with Crippen molar-refractivity contribution in [3.05, 3.63) is 65.2 Å². The van der Waals surface area contributed by atoms with Crippen LogP contribution in [0.4, 0.5) is 10.5 Å². The fourth-order valence-electron chi connectivity index (χ4n) is 2.92. The lowest BCUT2D eigenvalue weighted by Gasteiger charge is -2.22. The SMILES string of the molecule is CC(NC(=O)OC(C)(C)C)c1cccc(N2C(=O)c3ccccc3C2=O)c1. The summed E-state index contributed by atoms with van der Waals surface area (Å²) < 4.78 is 5.27. The number of hydrogen-bond donors (Lipinski definition) is 1. The van der Waals surface area contributed by atoms with Gasteiger partial charge < -0.3 is 10.1 Å². The van der Waals surface area contributed by atoms with E-state index in [9.17, 15) is 14.4 Å². The van der Waals surface area contributed by atoms with Crippen LogP contribution in [0.2, 0.25) is 0 Å². The molecule has 1 N–H and O–H groups in total. The Kier molecular flexibility index (Phi) is 4.74. The highest BCUT2D eigenvalue weighted by Crippen LogP contribution is 2.29. The van der Waals surface area contributed by atoms with Gasteiger partial charge in [0.25, 0.3) is 11.8 Å². The average Bonchev–Trinajstić information content (AvgIpc) is 2.85. The molecule has 6 nitrogen and oxygen atoms in total. The zero-order valence-electron chi connectivity index (χ0n) is 15.8. The van der Waals surface area contributed by atoms with E-state index in [1.54, 1.807) is 63.2 Å². The molecule has 1 aliphatic heterocycles. The van der Waals surface area contributed by atoms with Crippen molar-refractivity contribution in [2.75, 3.05) is 4.90 Å². The molecule has 0 aliphatic carbocycles. The second kappa shape index (κ2) is 6.87. The van der Waals surface area contributed by atoms with Crippen molar-refractivity contribution in [2.45, 2.75) is 39.3 Å². The zero-order chi connectivity index (χ0) is 19.8. The number of ether oxygens (including phenoxy) is 1. The molecule has 3 amide bonds. The molecule has 3 rings (SSSR count). The Morgan fingerprint density at radius 2 is 1.59 bits per heavy atom. The van der Waals surface area contributed by atoms with Gasteiger partial charge in [-0.15, -0.1) is 0 Å². The standard InChI is InChI=1S/C21H22N2O4/c1-13(22-20(26)27-21(2,3)4)14-8-7-9-15(12-14)23-18(24)16-10-5-6-11-17(16)19(23)25/h5-13H,1-4H3,(H,22,26). The smallest absolute Gasteiger partial charge is 0.408 e. The number of amides is 3. The van der Waals surface area contributed by atoms with Gasteiger partial charge in [-0.1, -0.05) is 24.3 Å². The number of nitrogens with one attached hydrogen (secondary N) is 1. The van der Waals surface area contributed by atoms with E-state index in [1.807, 2.05) is 13.0 Å². The number of rotatable bonds is 3. The highest BCUT2D eigenvalue weighted by atomic mass is 16.6. The normalized spacial score (nSPS) is 14.7. The minimum Gasteiger partial charge on any atom is -0.444 e. The quantitative estimate of drug-likeness (QED) is 0.831. The van der Waals surface area contributed by atoms with E-state index in [-0.39, 0.29) is 17.9 Å². The lowest BCUT2D eigenvalue weighted by molar-refractivity contribution is 0.0507. The fourth-order valence-corrected chi connectivity index (χ4v) is 2.92. The third-order valence-corrected chi connectivity index (χ3v) is 4.16. The minimum absolute atomic E-state index is 0.347. The van der Waals surface area contributed by atoms with E-state index in [4.69, 9.17) is 4.74 Å². The van der Waals surface area contributed by atoms with Gasteiger partial charge in [-0.3, -0.25) is 9.59 Å². The molecule has 27 heavy (non-hydrogen) atoms. The van der Waals surface area contributed by atoms with E-state index < -0.39 is 11.7 Å². The van der Waals surface area contributed by atoms with E-state index in [0.29, 0.717) is 16.8 Å². The van der Waals surface area contributed by atoms with Gasteiger partial charge in [-0.05, 0) is 57.5 Å². The number of alkyl carbamates (subject to hydrolysis) is 1. The Balaban J connectivity index is 1.82. The van der Waals surface area contributed by atoms with Crippen molar-refractivity contribution < 1.29 is 19.1 Å². The fraction of sp³-hybridized carbons (Fsp3) is 0.286. The molecule has 0 spiro atoms. The van der Waals surface area contributed by atoms with Crippen LogP contribution in [-0.2, 0) is 4.74 Å². The topological polar surface area (TPSA) is 75.7 Å². The molecular formula is C21H22N2O4. The van der Waals surface area contributed by atoms with Crippen LogP contribution >= 0.6 is 0 Å². The predicted octanol–water partition coefficient (Wildman–Crippen LogP) is 4.07. The van der Waals surface area contributed by atoms with Gasteiger partial charge in [-0.2, -0.15) is 0 Å². The lowest BCUT2D eigenvalue weighted by Crippen LogP contribution is -2.34. The molecule has 1 heterocycles. The first-order chi connectivity index (χ1) is 12.7. The molecule has 0 saturated heterocycles. The molecule has 2 aromatic rings. The maximum Gasteiger partial charge on any atom is 0.408 e. The number of imide groups is 1. The van der Waals surface area contributed by atoms with Crippen LogP contribution in [0, 0.1) is 0 Å². The first kappa shape index (κ1) is 18.6. The van der Waals surface area contributed by atoms with E-state index in [2.05, 4.69) is 5.32 Å². The highest BCUT2D eigenvalue weighted by Gasteiger charge is 2.36. The van der Waals surface area contributed by atoms with Crippen molar-refractivity contribution in [3.8, 4) is 0 Å². The summed E-state index contributed by atoms with van der Waals surface area (Å²) in [4.78, 5) is 38.4. The first-order valence-electron chi connectivity index (χ1n) is 8.74. The molecule has 1 unspecified atom stereocenters. The maximum atomic E-state index is 12.6. The molecule has 2 aromatic carbocycles. The summed E-state index contributed by atoms with van der Waals surface area (Å²) >= 11 is 0. The van der Waals surface area contributed by atoms with E-state index in [1.165, 1.54) is 0 Å². The third kappa shape index (κ3) is 3.84. The summed E-state index contributed by atoms with van der Waals surface area (Å²) in [7, 11) is 0. The van der Waals surface area contributed by atoms with Crippen LogP contribution in [0.1, 0.15) is 60.0 Å². The minimum atomic E-state index is -0.591. The summed E-state index contributed by atoms with van der Waals surface area (Å²) in [6, 6.07) is 13.4. The Morgan fingerprint density at radius 3 is 2.15 bits per heavy atom. The summed E-state index contributed by atoms with van der Waals surface area (Å²) in [5, 5.41) is 2.76. The van der Waals surface area contributed by atoms with Gasteiger partial charge in [0.1, 0.15) is 5.60 Å². The molecule has 0 saturated carbocycles. The number of benzene rings is 2. The van der Waals surface area contributed by atoms with Crippen LogP contribution < -0.4 is 10.2 Å². The van der Waals surface area contributed by atoms with Crippen molar-refractivity contribution >= 4 is 23.6 Å². The van der Waals surface area contributed by atoms with E-state index in [0.717, 1.165) is 10.5 Å². The van der Waals surface area contributed by atoms with Crippen molar-refractivity contribution in [2.24, 2.45) is 0 Å². The number of hydrogen-bond acceptors (Lipinski definition) is 4. The number of carbonyl (C=O) groups excluding carboxylic acids is 3. The van der Waals surface area contributed by atoms with Gasteiger partial charge in [-0.25, -0.2) is 9.69 Å². The maximum absolute atomic E-state index is 12.6. The monoisotopic (exact) mass is 366 g/mol. The van der Waals surface area contributed by atoms with Crippen LogP contribution in [0.25, 0.3) is 0 Å². The van der Waals surface area contributed by atoms with Crippen molar-refractivity contribution in [1.82, 2.24) is 5.32 Å². The number of fused-ring (bicyclic) bond motifs is 1. The molecule has 140 valence electrons. The number of carbonyl (C=O) groups is 3. The van der Waals surface area contributed by atoms with Gasteiger partial charge in [0.15, 0.2) is 0 Å². The lowest BCUT2D eigenvalue weighted by atomic mass is 10.1. The molecule has 0 fully saturated rings. The predicted molar refractivity (Wildman–Crippen MR) is 102 cm³/mol. The van der Waals surface area contributed by atoms with Crippen LogP contribution in [0.15, 0.2) is 48.5 Å². The summed E-state index contributed by atoms with van der Waals surface area (Å²) in [6.07, 6.45) is -0.527. The Hall–Kier alpha value is -3.15. The first-order valence-corrected chi connectivity index (χ1v) is 8.74. The molecule has 0 aromatic heterocycles. The molecule has 0 bridgehead atoms. The van der Waals surface area contributed by atoms with Crippen LogP contribution in [0.5, 0.6) is 0 Å². The van der Waals surface area contributed by atoms with Gasteiger partial charge in [0.05, 0.1) is 22.9 Å². The average molecular weight is 366 g/mol. The molecule has 1 aliphatic rings. The summed E-state index contributed by atoms with van der Waals surface area (Å²) in [6.45, 7) is 7.19.